The van der Waals surface area contributed by atoms with Crippen LogP contribution in [0.2, 0.25) is 0 Å². The SMILES string of the molecule is Fc1ccc2c(c1)[nH]c(=S)n2CCC(F)(F)F. The molecule has 0 bridgehead atoms. The Hall–Kier alpha value is -1.37. The molecule has 1 heterocycles. The fourth-order valence-electron chi connectivity index (χ4n) is 1.60. The summed E-state index contributed by atoms with van der Waals surface area (Å²) in [6.45, 7) is -0.270. The van der Waals surface area contributed by atoms with E-state index in [9.17, 15) is 17.6 Å². The fraction of sp³-hybridized carbons (Fsp3) is 0.300. The van der Waals surface area contributed by atoms with Crippen LogP contribution >= 0.6 is 12.2 Å². The molecule has 0 aliphatic carbocycles. The molecule has 2 nitrogen and oxygen atoms in total. The molecule has 1 aromatic heterocycles. The number of alkyl halides is 3. The largest absolute Gasteiger partial charge is 0.390 e. The summed E-state index contributed by atoms with van der Waals surface area (Å²) in [5.41, 5.74) is 0.873. The minimum Gasteiger partial charge on any atom is -0.330 e. The van der Waals surface area contributed by atoms with E-state index in [0.717, 1.165) is 0 Å². The molecule has 7 heteroatoms. The average molecular weight is 264 g/mol. The van der Waals surface area contributed by atoms with Crippen LogP contribution < -0.4 is 0 Å². The first-order valence-electron chi connectivity index (χ1n) is 4.82. The third-order valence-electron chi connectivity index (χ3n) is 2.36. The van der Waals surface area contributed by atoms with Gasteiger partial charge in [0.2, 0.25) is 0 Å². The van der Waals surface area contributed by atoms with E-state index >= 15 is 0 Å². The van der Waals surface area contributed by atoms with Crippen LogP contribution in [0.5, 0.6) is 0 Å². The van der Waals surface area contributed by atoms with Gasteiger partial charge in [-0.05, 0) is 30.4 Å². The third kappa shape index (κ3) is 2.66. The van der Waals surface area contributed by atoms with Crippen molar-refractivity contribution in [2.24, 2.45) is 0 Å². The van der Waals surface area contributed by atoms with Gasteiger partial charge in [-0.3, -0.25) is 0 Å². The molecule has 0 fully saturated rings. The van der Waals surface area contributed by atoms with E-state index in [0.29, 0.717) is 11.0 Å². The molecule has 0 spiro atoms. The third-order valence-corrected chi connectivity index (χ3v) is 2.68. The lowest BCUT2D eigenvalue weighted by atomic mass is 10.3. The Balaban J connectivity index is 2.40. The van der Waals surface area contributed by atoms with Crippen molar-refractivity contribution in [1.29, 1.82) is 0 Å². The molecule has 0 unspecified atom stereocenters. The number of nitrogens with one attached hydrogen (secondary N) is 1. The van der Waals surface area contributed by atoms with Gasteiger partial charge in [-0.15, -0.1) is 0 Å². The number of fused-ring (bicyclic) bond motifs is 1. The first-order valence-corrected chi connectivity index (χ1v) is 5.22. The summed E-state index contributed by atoms with van der Waals surface area (Å²) in [6, 6.07) is 3.80. The van der Waals surface area contributed by atoms with Gasteiger partial charge in [-0.2, -0.15) is 13.2 Å². The number of H-pyrrole nitrogens is 1. The molecule has 0 amide bonds. The van der Waals surface area contributed by atoms with Crippen LogP contribution in [0.4, 0.5) is 17.6 Å². The number of aromatic nitrogens is 2. The highest BCUT2D eigenvalue weighted by atomic mass is 32.1. The molecule has 1 aromatic carbocycles. The van der Waals surface area contributed by atoms with Gasteiger partial charge in [-0.1, -0.05) is 0 Å². The summed E-state index contributed by atoms with van der Waals surface area (Å²) in [6.07, 6.45) is -5.20. The molecule has 0 radical (unpaired) electrons. The average Bonchev–Trinajstić information content (AvgIpc) is 2.48. The molecular formula is C10H8F4N2S. The van der Waals surface area contributed by atoms with Gasteiger partial charge >= 0.3 is 6.18 Å². The van der Waals surface area contributed by atoms with Crippen molar-refractivity contribution < 1.29 is 17.6 Å². The second kappa shape index (κ2) is 4.14. The van der Waals surface area contributed by atoms with Crippen LogP contribution in [0.15, 0.2) is 18.2 Å². The van der Waals surface area contributed by atoms with Gasteiger partial charge < -0.3 is 9.55 Å². The molecule has 0 saturated heterocycles. The van der Waals surface area contributed by atoms with Gasteiger partial charge in [-0.25, -0.2) is 4.39 Å². The lowest BCUT2D eigenvalue weighted by Gasteiger charge is -2.07. The van der Waals surface area contributed by atoms with E-state index in [2.05, 4.69) is 4.98 Å². The maximum atomic E-state index is 12.9. The van der Waals surface area contributed by atoms with Crippen LogP contribution in [0.25, 0.3) is 11.0 Å². The van der Waals surface area contributed by atoms with Gasteiger partial charge in [0, 0.05) is 6.54 Å². The second-order valence-electron chi connectivity index (χ2n) is 3.61. The van der Waals surface area contributed by atoms with E-state index in [1.165, 1.54) is 22.8 Å². The number of aryl methyl sites for hydroxylation is 1. The predicted molar refractivity (Wildman–Crippen MR) is 57.8 cm³/mol. The van der Waals surface area contributed by atoms with Gasteiger partial charge in [0.05, 0.1) is 17.5 Å². The van der Waals surface area contributed by atoms with Crippen molar-refractivity contribution in [3.8, 4) is 0 Å². The highest BCUT2D eigenvalue weighted by Crippen LogP contribution is 2.22. The smallest absolute Gasteiger partial charge is 0.330 e. The number of nitrogens with zero attached hydrogens (tertiary/aromatic N) is 1. The standard InChI is InChI=1S/C10H8F4N2S/c11-6-1-2-8-7(5-6)15-9(17)16(8)4-3-10(12,13)14/h1-2,5H,3-4H2,(H,15,17). The van der Waals surface area contributed by atoms with Crippen molar-refractivity contribution >= 4 is 23.3 Å². The molecule has 2 aromatic rings. The van der Waals surface area contributed by atoms with E-state index in [1.807, 2.05) is 0 Å². The molecule has 2 rings (SSSR count). The fourth-order valence-corrected chi connectivity index (χ4v) is 1.90. The summed E-state index contributed by atoms with van der Waals surface area (Å²) < 4.78 is 50.8. The summed E-state index contributed by atoms with van der Waals surface area (Å²) in [4.78, 5) is 2.67. The first kappa shape index (κ1) is 12.1. The van der Waals surface area contributed by atoms with E-state index in [4.69, 9.17) is 12.2 Å². The van der Waals surface area contributed by atoms with Crippen LogP contribution in [-0.4, -0.2) is 15.7 Å². The van der Waals surface area contributed by atoms with Crippen molar-refractivity contribution in [3.05, 3.63) is 28.8 Å². The van der Waals surface area contributed by atoms with E-state index in [1.54, 1.807) is 0 Å². The topological polar surface area (TPSA) is 20.7 Å². The second-order valence-corrected chi connectivity index (χ2v) is 4.00. The Morgan fingerprint density at radius 1 is 1.29 bits per heavy atom. The minimum atomic E-state index is -4.24. The van der Waals surface area contributed by atoms with E-state index in [-0.39, 0.29) is 11.3 Å². The number of imidazole rings is 1. The summed E-state index contributed by atoms with van der Waals surface area (Å²) in [7, 11) is 0. The van der Waals surface area contributed by atoms with Crippen molar-refractivity contribution in [2.75, 3.05) is 0 Å². The Morgan fingerprint density at radius 2 is 2.00 bits per heavy atom. The number of hydrogen-bond donors (Lipinski definition) is 1. The zero-order valence-corrected chi connectivity index (χ0v) is 9.33. The molecule has 0 aliphatic heterocycles. The van der Waals surface area contributed by atoms with Crippen LogP contribution in [0.3, 0.4) is 0 Å². The number of hydrogen-bond acceptors (Lipinski definition) is 1. The van der Waals surface area contributed by atoms with Gasteiger partial charge in [0.25, 0.3) is 0 Å². The van der Waals surface area contributed by atoms with Crippen molar-refractivity contribution in [1.82, 2.24) is 9.55 Å². The molecular weight excluding hydrogens is 256 g/mol. The summed E-state index contributed by atoms with van der Waals surface area (Å²) >= 11 is 4.90. The Labute approximate surface area is 98.9 Å². The molecule has 0 aliphatic rings. The Bertz CT molecular complexity index is 596. The summed E-state index contributed by atoms with van der Waals surface area (Å²) in [5, 5.41) is 0. The van der Waals surface area contributed by atoms with Gasteiger partial charge in [0.15, 0.2) is 4.77 Å². The minimum absolute atomic E-state index is 0.162. The number of aromatic amines is 1. The maximum Gasteiger partial charge on any atom is 0.390 e. The Morgan fingerprint density at radius 3 is 2.65 bits per heavy atom. The van der Waals surface area contributed by atoms with Crippen LogP contribution in [0.1, 0.15) is 6.42 Å². The zero-order valence-electron chi connectivity index (χ0n) is 8.51. The molecule has 17 heavy (non-hydrogen) atoms. The highest BCUT2D eigenvalue weighted by Gasteiger charge is 2.27. The maximum absolute atomic E-state index is 12.9. The summed E-state index contributed by atoms with van der Waals surface area (Å²) in [5.74, 6) is -0.461. The quantitative estimate of drug-likeness (QED) is 0.646. The first-order chi connectivity index (χ1) is 7.87. The molecule has 92 valence electrons. The number of halogens is 4. The Kier molecular flexibility index (Phi) is 2.94. The zero-order chi connectivity index (χ0) is 12.6. The van der Waals surface area contributed by atoms with Crippen LogP contribution in [0, 0.1) is 10.6 Å². The normalized spacial score (nSPS) is 12.2. The van der Waals surface area contributed by atoms with E-state index < -0.39 is 18.4 Å². The van der Waals surface area contributed by atoms with Crippen LogP contribution in [-0.2, 0) is 6.54 Å². The van der Waals surface area contributed by atoms with Crippen molar-refractivity contribution in [3.63, 3.8) is 0 Å². The molecule has 0 atom stereocenters. The lowest BCUT2D eigenvalue weighted by molar-refractivity contribution is -0.136. The number of benzene rings is 1. The van der Waals surface area contributed by atoms with Crippen molar-refractivity contribution in [2.45, 2.75) is 19.1 Å². The van der Waals surface area contributed by atoms with Gasteiger partial charge in [0.1, 0.15) is 5.82 Å². The lowest BCUT2D eigenvalue weighted by Crippen LogP contribution is -2.12. The number of rotatable bonds is 2. The molecule has 1 N–H and O–H groups in total. The monoisotopic (exact) mass is 264 g/mol. The highest BCUT2D eigenvalue weighted by molar-refractivity contribution is 7.71. The molecule has 0 saturated carbocycles. The predicted octanol–water partition coefficient (Wildman–Crippen LogP) is 3.79.